The number of carbonyl (C=O) groups excluding carboxylic acids is 2. The molecule has 3 rings (SSSR count). The molecular weight excluding hydrogens is 391 g/mol. The Hall–Kier alpha value is -1.64. The van der Waals surface area contributed by atoms with Gasteiger partial charge in [0.1, 0.15) is 5.92 Å². The molecule has 0 aliphatic heterocycles. The van der Waals surface area contributed by atoms with Crippen molar-refractivity contribution >= 4 is 34.8 Å². The zero-order chi connectivity index (χ0) is 20.9. The number of aryl methyl sites for hydroxylation is 1. The molecule has 0 unspecified atom stereocenters. The number of rotatable bonds is 3. The number of carbonyl (C=O) groups is 2. The van der Waals surface area contributed by atoms with E-state index in [0.717, 1.165) is 28.7 Å². The second kappa shape index (κ2) is 7.31. The molecule has 0 radical (unpaired) electrons. The lowest BCUT2D eigenvalue weighted by Crippen LogP contribution is -2.48. The Balaban J connectivity index is 2.18. The lowest BCUT2D eigenvalue weighted by atomic mass is 9.58. The maximum Gasteiger partial charge on any atom is 0.153 e. The molecule has 2 nitrogen and oxygen atoms in total. The minimum absolute atomic E-state index is 0.0119. The van der Waals surface area contributed by atoms with Gasteiger partial charge in [0.15, 0.2) is 11.6 Å². The minimum atomic E-state index is -0.726. The Bertz CT molecular complexity index is 931. The lowest BCUT2D eigenvalue weighted by molar-refractivity contribution is -0.146. The van der Waals surface area contributed by atoms with E-state index in [4.69, 9.17) is 23.2 Å². The third-order valence-corrected chi connectivity index (χ3v) is 6.57. The molecule has 0 heterocycles. The first-order chi connectivity index (χ1) is 13.0. The van der Waals surface area contributed by atoms with Gasteiger partial charge in [0, 0.05) is 10.8 Å². The van der Waals surface area contributed by atoms with Crippen molar-refractivity contribution in [3.8, 4) is 11.1 Å². The van der Waals surface area contributed by atoms with Crippen molar-refractivity contribution in [2.24, 2.45) is 10.8 Å². The van der Waals surface area contributed by atoms with Crippen LogP contribution in [0.4, 0.5) is 0 Å². The first-order valence-electron chi connectivity index (χ1n) is 9.65. The smallest absolute Gasteiger partial charge is 0.153 e. The molecule has 0 N–H and O–H groups in total. The van der Waals surface area contributed by atoms with E-state index in [1.54, 1.807) is 6.07 Å². The summed E-state index contributed by atoms with van der Waals surface area (Å²) in [7, 11) is 0. The Morgan fingerprint density at radius 2 is 1.39 bits per heavy atom. The Kier molecular flexibility index (Phi) is 5.51. The molecule has 0 spiro atoms. The van der Waals surface area contributed by atoms with Crippen LogP contribution in [0.5, 0.6) is 0 Å². The van der Waals surface area contributed by atoms with Crippen molar-refractivity contribution in [2.75, 3.05) is 0 Å². The highest BCUT2D eigenvalue weighted by atomic mass is 35.5. The predicted octanol–water partition coefficient (Wildman–Crippen LogP) is 6.90. The van der Waals surface area contributed by atoms with Crippen LogP contribution in [0, 0.1) is 10.8 Å². The molecule has 28 heavy (non-hydrogen) atoms. The molecule has 2 aromatic carbocycles. The van der Waals surface area contributed by atoms with Gasteiger partial charge < -0.3 is 0 Å². The molecule has 2 aromatic rings. The summed E-state index contributed by atoms with van der Waals surface area (Å²) < 4.78 is 0. The van der Waals surface area contributed by atoms with Crippen LogP contribution in [-0.2, 0) is 16.0 Å². The largest absolute Gasteiger partial charge is 0.298 e. The third kappa shape index (κ3) is 3.65. The molecule has 1 saturated carbocycles. The van der Waals surface area contributed by atoms with Crippen LogP contribution in [0.15, 0.2) is 36.4 Å². The fraction of sp³-hybridized carbons (Fsp3) is 0.417. The SMILES string of the molecule is CCc1ccc(-c2ccc(Cl)c(Cl)c2)cc1C1C(=O)C(C)(C)CC(C)(C)C1=O. The van der Waals surface area contributed by atoms with Gasteiger partial charge in [-0.1, -0.05) is 76.0 Å². The van der Waals surface area contributed by atoms with E-state index in [-0.39, 0.29) is 11.6 Å². The Morgan fingerprint density at radius 3 is 1.93 bits per heavy atom. The first kappa shape index (κ1) is 21.1. The van der Waals surface area contributed by atoms with Gasteiger partial charge in [0.2, 0.25) is 0 Å². The minimum Gasteiger partial charge on any atom is -0.298 e. The van der Waals surface area contributed by atoms with Crippen molar-refractivity contribution < 1.29 is 9.59 Å². The third-order valence-electron chi connectivity index (χ3n) is 5.83. The van der Waals surface area contributed by atoms with Crippen molar-refractivity contribution in [2.45, 2.75) is 53.4 Å². The topological polar surface area (TPSA) is 34.1 Å². The van der Waals surface area contributed by atoms with Crippen LogP contribution < -0.4 is 0 Å². The number of hydrogen-bond donors (Lipinski definition) is 0. The Labute approximate surface area is 177 Å². The number of benzene rings is 2. The van der Waals surface area contributed by atoms with Gasteiger partial charge in [-0.3, -0.25) is 9.59 Å². The lowest BCUT2D eigenvalue weighted by Gasteiger charge is -2.42. The van der Waals surface area contributed by atoms with Crippen molar-refractivity contribution in [3.05, 3.63) is 57.6 Å². The van der Waals surface area contributed by atoms with E-state index in [1.807, 2.05) is 65.0 Å². The summed E-state index contributed by atoms with van der Waals surface area (Å²) >= 11 is 12.2. The van der Waals surface area contributed by atoms with Gasteiger partial charge in [-0.25, -0.2) is 0 Å². The molecular formula is C24H26Cl2O2. The predicted molar refractivity (Wildman–Crippen MR) is 116 cm³/mol. The van der Waals surface area contributed by atoms with Gasteiger partial charge >= 0.3 is 0 Å². The molecule has 148 valence electrons. The number of Topliss-reactive ketones (excluding diaryl/α,β-unsaturated/α-hetero) is 2. The van der Waals surface area contributed by atoms with E-state index in [9.17, 15) is 9.59 Å². The zero-order valence-electron chi connectivity index (χ0n) is 17.0. The molecule has 0 atom stereocenters. The molecule has 1 aliphatic rings. The molecule has 0 saturated heterocycles. The molecule has 0 amide bonds. The normalized spacial score (nSPS) is 19.1. The second-order valence-electron chi connectivity index (χ2n) is 9.00. The fourth-order valence-corrected chi connectivity index (χ4v) is 4.80. The van der Waals surface area contributed by atoms with Gasteiger partial charge in [-0.05, 0) is 53.3 Å². The summed E-state index contributed by atoms with van der Waals surface area (Å²) in [4.78, 5) is 26.6. The van der Waals surface area contributed by atoms with Gasteiger partial charge in [0.25, 0.3) is 0 Å². The van der Waals surface area contributed by atoms with E-state index >= 15 is 0 Å². The molecule has 0 bridgehead atoms. The van der Waals surface area contributed by atoms with Crippen molar-refractivity contribution in [1.82, 2.24) is 0 Å². The van der Waals surface area contributed by atoms with E-state index in [2.05, 4.69) is 0 Å². The number of hydrogen-bond acceptors (Lipinski definition) is 2. The van der Waals surface area contributed by atoms with E-state index in [1.165, 1.54) is 0 Å². The summed E-state index contributed by atoms with van der Waals surface area (Å²) in [5.74, 6) is -0.702. The maximum atomic E-state index is 13.3. The Morgan fingerprint density at radius 1 is 0.857 bits per heavy atom. The van der Waals surface area contributed by atoms with Crippen LogP contribution in [0.25, 0.3) is 11.1 Å². The van der Waals surface area contributed by atoms with Crippen molar-refractivity contribution in [3.63, 3.8) is 0 Å². The summed E-state index contributed by atoms with van der Waals surface area (Å²) in [5, 5.41) is 0.976. The summed E-state index contributed by atoms with van der Waals surface area (Å²) in [6.07, 6.45) is 1.33. The molecule has 1 aliphatic carbocycles. The van der Waals surface area contributed by atoms with Crippen LogP contribution in [-0.4, -0.2) is 11.6 Å². The van der Waals surface area contributed by atoms with Gasteiger partial charge in [0.05, 0.1) is 10.0 Å². The standard InChI is InChI=1S/C24H26Cl2O2/c1-6-14-7-8-15(16-9-10-18(25)19(26)12-16)11-17(14)20-21(27)23(2,3)13-24(4,5)22(20)28/h7-12,20H,6,13H2,1-5H3. The zero-order valence-corrected chi connectivity index (χ0v) is 18.5. The van der Waals surface area contributed by atoms with E-state index in [0.29, 0.717) is 16.5 Å². The highest BCUT2D eigenvalue weighted by molar-refractivity contribution is 6.42. The van der Waals surface area contributed by atoms with Crippen molar-refractivity contribution in [1.29, 1.82) is 0 Å². The van der Waals surface area contributed by atoms with Crippen LogP contribution in [0.3, 0.4) is 0 Å². The van der Waals surface area contributed by atoms with Crippen LogP contribution in [0.2, 0.25) is 10.0 Å². The quantitative estimate of drug-likeness (QED) is 0.509. The highest BCUT2D eigenvalue weighted by Crippen LogP contribution is 2.48. The van der Waals surface area contributed by atoms with Gasteiger partial charge in [-0.15, -0.1) is 0 Å². The average molecular weight is 417 g/mol. The fourth-order valence-electron chi connectivity index (χ4n) is 4.50. The second-order valence-corrected chi connectivity index (χ2v) is 9.82. The van der Waals surface area contributed by atoms with E-state index < -0.39 is 16.7 Å². The highest BCUT2D eigenvalue weighted by Gasteiger charge is 2.52. The molecule has 1 fully saturated rings. The maximum absolute atomic E-state index is 13.3. The summed E-state index contributed by atoms with van der Waals surface area (Å²) in [5.41, 5.74) is 2.62. The number of halogens is 2. The summed E-state index contributed by atoms with van der Waals surface area (Å²) in [6, 6.07) is 11.5. The molecule has 4 heteroatoms. The average Bonchev–Trinajstić information content (AvgIpc) is 2.62. The first-order valence-corrected chi connectivity index (χ1v) is 10.4. The van der Waals surface area contributed by atoms with Crippen LogP contribution in [0.1, 0.15) is 58.1 Å². The molecule has 0 aromatic heterocycles. The monoisotopic (exact) mass is 416 g/mol. The van der Waals surface area contributed by atoms with Crippen LogP contribution >= 0.6 is 23.2 Å². The van der Waals surface area contributed by atoms with Gasteiger partial charge in [-0.2, -0.15) is 0 Å². The number of ketones is 2. The summed E-state index contributed by atoms with van der Waals surface area (Å²) in [6.45, 7) is 9.84.